The SMILES string of the molecule is COC(=O)[C@@H]1C[C@@H](Oc2nc3ccccc3nc2C(F)(F)/C=C/CO)CN1C(=O)[C@@H](NC(=O)C[C@@H]1CCC[C@H]1O)C(C)(C)C. The van der Waals surface area contributed by atoms with Crippen molar-refractivity contribution in [1.29, 1.82) is 0 Å². The van der Waals surface area contributed by atoms with Crippen LogP contribution in [0.4, 0.5) is 8.78 Å². The highest BCUT2D eigenvalue weighted by Gasteiger charge is 2.47. The molecule has 0 bridgehead atoms. The Labute approximate surface area is 254 Å². The molecule has 1 saturated heterocycles. The van der Waals surface area contributed by atoms with E-state index in [0.29, 0.717) is 24.4 Å². The standard InChI is InChI=1S/C31H40F2N4O7/c1-30(2,3)26(36-24(40)15-18-9-7-12-23(18)39)28(41)37-17-19(16-22(37)29(42)43-4)44-27-25(31(32,33)13-8-14-38)34-20-10-5-6-11-21(20)35-27/h5-6,8,10-11,13,18-19,22-23,26,38-39H,7,9,12,14-17H2,1-4H3,(H,36,40)/b13-8+/t18-,19+,22-,23+,26+/m0/s1. The highest BCUT2D eigenvalue weighted by atomic mass is 19.3. The van der Waals surface area contributed by atoms with Crippen LogP contribution in [0.2, 0.25) is 0 Å². The molecule has 2 heterocycles. The number of nitrogens with one attached hydrogen (secondary N) is 1. The molecule has 240 valence electrons. The topological polar surface area (TPSA) is 151 Å². The summed E-state index contributed by atoms with van der Waals surface area (Å²) in [6.07, 6.45) is 2.02. The maximum atomic E-state index is 15.2. The van der Waals surface area contributed by atoms with Crippen LogP contribution in [0, 0.1) is 11.3 Å². The number of nitrogens with zero attached hydrogens (tertiary/aromatic N) is 3. The van der Waals surface area contributed by atoms with Gasteiger partial charge in [-0.05, 0) is 42.4 Å². The first-order valence-corrected chi connectivity index (χ1v) is 14.7. The largest absolute Gasteiger partial charge is 0.471 e. The predicted octanol–water partition coefficient (Wildman–Crippen LogP) is 2.87. The average Bonchev–Trinajstić information content (AvgIpc) is 3.58. The number of methoxy groups -OCH3 is 1. The lowest BCUT2D eigenvalue weighted by Crippen LogP contribution is -2.57. The van der Waals surface area contributed by atoms with Gasteiger partial charge >= 0.3 is 11.9 Å². The number of rotatable bonds is 10. The highest BCUT2D eigenvalue weighted by Crippen LogP contribution is 2.37. The number of carbonyl (C=O) groups is 3. The molecule has 2 fully saturated rings. The van der Waals surface area contributed by atoms with Gasteiger partial charge < -0.3 is 29.9 Å². The fourth-order valence-electron chi connectivity index (χ4n) is 5.73. The Morgan fingerprint density at radius 1 is 1.16 bits per heavy atom. The highest BCUT2D eigenvalue weighted by molar-refractivity contribution is 5.92. The third kappa shape index (κ3) is 7.49. The maximum absolute atomic E-state index is 15.2. The number of allylic oxidation sites excluding steroid dienone is 1. The van der Waals surface area contributed by atoms with Gasteiger partial charge in [0.1, 0.15) is 18.2 Å². The van der Waals surface area contributed by atoms with Gasteiger partial charge in [-0.3, -0.25) is 9.59 Å². The number of ether oxygens (including phenoxy) is 2. The molecule has 13 heteroatoms. The van der Waals surface area contributed by atoms with Crippen molar-refractivity contribution >= 4 is 28.8 Å². The van der Waals surface area contributed by atoms with Gasteiger partial charge in [0.25, 0.3) is 0 Å². The number of halogens is 2. The number of hydrogen-bond donors (Lipinski definition) is 3. The first kappa shape index (κ1) is 33.2. The zero-order valence-electron chi connectivity index (χ0n) is 25.3. The fraction of sp³-hybridized carbons (Fsp3) is 0.581. The smallest absolute Gasteiger partial charge is 0.328 e. The first-order valence-electron chi connectivity index (χ1n) is 14.7. The number of alkyl halides is 2. The Balaban J connectivity index is 1.61. The Morgan fingerprint density at radius 3 is 2.43 bits per heavy atom. The second-order valence-corrected chi connectivity index (χ2v) is 12.4. The number of carbonyl (C=O) groups excluding carboxylic acids is 3. The summed E-state index contributed by atoms with van der Waals surface area (Å²) in [4.78, 5) is 49.5. The van der Waals surface area contributed by atoms with Crippen molar-refractivity contribution in [2.75, 3.05) is 20.3 Å². The number of aliphatic hydroxyl groups excluding tert-OH is 2. The van der Waals surface area contributed by atoms with E-state index in [9.17, 15) is 19.5 Å². The molecule has 5 atom stereocenters. The Kier molecular flexibility index (Phi) is 10.2. The lowest BCUT2D eigenvalue weighted by atomic mass is 9.85. The Bertz CT molecular complexity index is 1400. The molecule has 11 nitrogen and oxygen atoms in total. The van der Waals surface area contributed by atoms with E-state index in [2.05, 4.69) is 15.3 Å². The van der Waals surface area contributed by atoms with Gasteiger partial charge in [0, 0.05) is 12.8 Å². The molecule has 1 aliphatic heterocycles. The zero-order valence-corrected chi connectivity index (χ0v) is 25.3. The molecule has 44 heavy (non-hydrogen) atoms. The summed E-state index contributed by atoms with van der Waals surface area (Å²) in [5, 5.41) is 22.0. The number of esters is 1. The summed E-state index contributed by atoms with van der Waals surface area (Å²) in [6.45, 7) is 4.54. The maximum Gasteiger partial charge on any atom is 0.328 e. The van der Waals surface area contributed by atoms with Crippen LogP contribution < -0.4 is 10.1 Å². The molecule has 1 aromatic heterocycles. The molecule has 1 saturated carbocycles. The van der Waals surface area contributed by atoms with Gasteiger partial charge in [0.2, 0.25) is 17.7 Å². The summed E-state index contributed by atoms with van der Waals surface area (Å²) in [5.41, 5.74) is -1.05. The van der Waals surface area contributed by atoms with Crippen LogP contribution >= 0.6 is 0 Å². The number of aromatic nitrogens is 2. The molecule has 2 amide bonds. The van der Waals surface area contributed by atoms with Gasteiger partial charge in [-0.25, -0.2) is 14.8 Å². The summed E-state index contributed by atoms with van der Waals surface area (Å²) < 4.78 is 41.4. The molecule has 2 aliphatic rings. The van der Waals surface area contributed by atoms with Crippen LogP contribution in [0.25, 0.3) is 11.0 Å². The van der Waals surface area contributed by atoms with Crippen molar-refractivity contribution in [3.8, 4) is 5.88 Å². The van der Waals surface area contributed by atoms with Gasteiger partial charge in [-0.15, -0.1) is 0 Å². The number of aliphatic hydroxyl groups is 2. The normalized spacial score (nSPS) is 23.2. The molecular weight excluding hydrogens is 578 g/mol. The number of likely N-dealkylation sites (tertiary alicyclic amines) is 1. The minimum absolute atomic E-state index is 0.0650. The summed E-state index contributed by atoms with van der Waals surface area (Å²) in [6, 6.07) is 4.26. The van der Waals surface area contributed by atoms with Crippen molar-refractivity contribution in [1.82, 2.24) is 20.2 Å². The minimum atomic E-state index is -3.65. The monoisotopic (exact) mass is 618 g/mol. The fourth-order valence-corrected chi connectivity index (χ4v) is 5.73. The van der Waals surface area contributed by atoms with E-state index in [-0.39, 0.29) is 36.7 Å². The molecule has 3 N–H and O–H groups in total. The van der Waals surface area contributed by atoms with Gasteiger partial charge in [0.05, 0.1) is 37.4 Å². The van der Waals surface area contributed by atoms with E-state index in [0.717, 1.165) is 12.5 Å². The van der Waals surface area contributed by atoms with Crippen molar-refractivity contribution in [2.24, 2.45) is 11.3 Å². The van der Waals surface area contributed by atoms with Crippen LogP contribution in [0.5, 0.6) is 5.88 Å². The lowest BCUT2D eigenvalue weighted by molar-refractivity contribution is -0.153. The Morgan fingerprint density at radius 2 is 1.84 bits per heavy atom. The van der Waals surface area contributed by atoms with Crippen LogP contribution in [-0.2, 0) is 25.0 Å². The number of benzene rings is 1. The molecule has 2 aromatic rings. The summed E-state index contributed by atoms with van der Waals surface area (Å²) >= 11 is 0. The van der Waals surface area contributed by atoms with Crippen LogP contribution in [0.1, 0.15) is 58.6 Å². The second-order valence-electron chi connectivity index (χ2n) is 12.4. The van der Waals surface area contributed by atoms with E-state index < -0.39 is 65.7 Å². The van der Waals surface area contributed by atoms with Crippen LogP contribution in [0.15, 0.2) is 36.4 Å². The quantitative estimate of drug-likeness (QED) is 0.270. The third-order valence-electron chi connectivity index (χ3n) is 8.07. The van der Waals surface area contributed by atoms with Gasteiger partial charge in [-0.2, -0.15) is 8.78 Å². The predicted molar refractivity (Wildman–Crippen MR) is 156 cm³/mol. The van der Waals surface area contributed by atoms with E-state index in [1.54, 1.807) is 39.0 Å². The number of hydrogen-bond acceptors (Lipinski definition) is 9. The zero-order chi connectivity index (χ0) is 32.2. The van der Waals surface area contributed by atoms with Crippen LogP contribution in [0.3, 0.4) is 0 Å². The number of amides is 2. The minimum Gasteiger partial charge on any atom is -0.471 e. The van der Waals surface area contributed by atoms with E-state index in [4.69, 9.17) is 14.6 Å². The molecule has 0 spiro atoms. The third-order valence-corrected chi connectivity index (χ3v) is 8.07. The summed E-state index contributed by atoms with van der Waals surface area (Å²) in [5.74, 6) is -5.99. The van der Waals surface area contributed by atoms with Crippen LogP contribution in [-0.4, -0.2) is 87.4 Å². The summed E-state index contributed by atoms with van der Waals surface area (Å²) in [7, 11) is 1.18. The lowest BCUT2D eigenvalue weighted by Gasteiger charge is -2.35. The number of para-hydroxylation sites is 2. The molecule has 1 aromatic carbocycles. The molecule has 4 rings (SSSR count). The van der Waals surface area contributed by atoms with Crippen molar-refractivity contribution in [3.05, 3.63) is 42.1 Å². The van der Waals surface area contributed by atoms with Gasteiger partial charge in [-0.1, -0.05) is 45.4 Å². The van der Waals surface area contributed by atoms with Gasteiger partial charge in [0.15, 0.2) is 5.69 Å². The second kappa shape index (κ2) is 13.5. The molecule has 0 unspecified atom stereocenters. The van der Waals surface area contributed by atoms with Crippen molar-refractivity contribution in [3.63, 3.8) is 0 Å². The van der Waals surface area contributed by atoms with E-state index in [1.807, 2.05) is 0 Å². The molecule has 0 radical (unpaired) electrons. The van der Waals surface area contributed by atoms with Crippen molar-refractivity contribution < 1.29 is 42.9 Å². The van der Waals surface area contributed by atoms with E-state index >= 15 is 8.78 Å². The number of fused-ring (bicyclic) bond motifs is 1. The first-order chi connectivity index (χ1) is 20.7. The van der Waals surface area contributed by atoms with Crippen molar-refractivity contribution in [2.45, 2.75) is 83.1 Å². The molecular formula is C31H40F2N4O7. The molecule has 1 aliphatic carbocycles. The Hall–Kier alpha value is -3.71. The van der Waals surface area contributed by atoms with E-state index in [1.165, 1.54) is 18.1 Å². The average molecular weight is 619 g/mol.